The Bertz CT molecular complexity index is 557. The first-order chi connectivity index (χ1) is 11.0. The Hall–Kier alpha value is -2.41. The minimum atomic E-state index is -0.252. The minimum absolute atomic E-state index is 0.250. The molecule has 1 aromatic rings. The van der Waals surface area contributed by atoms with Crippen LogP contribution in [-0.4, -0.2) is 24.8 Å². The van der Waals surface area contributed by atoms with Crippen molar-refractivity contribution in [3.05, 3.63) is 59.6 Å². The topological polar surface area (TPSA) is 77.0 Å². The smallest absolute Gasteiger partial charge is 0.204 e. The quantitative estimate of drug-likeness (QED) is 0.359. The van der Waals surface area contributed by atoms with E-state index in [9.17, 15) is 4.39 Å². The van der Waals surface area contributed by atoms with Crippen LogP contribution in [0.5, 0.6) is 0 Å². The molecule has 0 aliphatic heterocycles. The molecule has 0 atom stereocenters. The van der Waals surface area contributed by atoms with E-state index in [1.165, 1.54) is 23.9 Å². The van der Waals surface area contributed by atoms with Gasteiger partial charge in [-0.25, -0.2) is 4.39 Å². The Balaban J connectivity index is 0.00000149. The highest BCUT2D eigenvalue weighted by Crippen LogP contribution is 2.10. The number of carbonyl (C=O) groups excluding carboxylic acids is 1. The maximum atomic E-state index is 12.7. The summed E-state index contributed by atoms with van der Waals surface area (Å²) in [6.07, 6.45) is 1.85. The molecule has 0 aliphatic carbocycles. The Labute approximate surface area is 139 Å². The number of ether oxygens (including phenoxy) is 1. The summed E-state index contributed by atoms with van der Waals surface area (Å²) in [5.74, 6) is 1.52. The third-order valence-electron chi connectivity index (χ3n) is 2.20. The van der Waals surface area contributed by atoms with E-state index >= 15 is 0 Å². The molecule has 0 bridgehead atoms. The fourth-order valence-electron chi connectivity index (χ4n) is 1.29. The van der Waals surface area contributed by atoms with Crippen LogP contribution in [0.25, 0.3) is 0 Å². The largest absolute Gasteiger partial charge is 0.448 e. The van der Waals surface area contributed by atoms with Crippen molar-refractivity contribution in [2.75, 3.05) is 5.75 Å². The van der Waals surface area contributed by atoms with Gasteiger partial charge in [0.2, 0.25) is 6.41 Å². The molecule has 0 spiro atoms. The number of hydrogen-bond donors (Lipinski definition) is 1. The van der Waals surface area contributed by atoms with Crippen LogP contribution in [0, 0.1) is 5.82 Å². The van der Waals surface area contributed by atoms with Crippen molar-refractivity contribution in [2.24, 2.45) is 15.7 Å². The number of nitrogens with two attached hydrogens (primary N) is 1. The highest BCUT2D eigenvalue weighted by molar-refractivity contribution is 8.02. The van der Waals surface area contributed by atoms with Crippen molar-refractivity contribution in [2.45, 2.75) is 13.5 Å². The zero-order chi connectivity index (χ0) is 17.5. The van der Waals surface area contributed by atoms with Gasteiger partial charge in [-0.2, -0.15) is 0 Å². The summed E-state index contributed by atoms with van der Waals surface area (Å²) in [6, 6.07) is 6.22. The van der Waals surface area contributed by atoms with Gasteiger partial charge in [0.1, 0.15) is 11.6 Å². The monoisotopic (exact) mass is 337 g/mol. The van der Waals surface area contributed by atoms with Crippen LogP contribution in [0.15, 0.2) is 58.2 Å². The maximum Gasteiger partial charge on any atom is 0.204 e. The lowest BCUT2D eigenvalue weighted by molar-refractivity contribution is -0.106. The third kappa shape index (κ3) is 11.9. The molecule has 5 nitrogen and oxygen atoms in total. The summed E-state index contributed by atoms with van der Waals surface area (Å²) in [5.41, 5.74) is 5.09. The van der Waals surface area contributed by atoms with Crippen LogP contribution in [-0.2, 0) is 16.1 Å². The van der Waals surface area contributed by atoms with E-state index in [-0.39, 0.29) is 12.2 Å². The number of carbonyl (C=O) groups is 1. The van der Waals surface area contributed by atoms with Gasteiger partial charge in [0.25, 0.3) is 0 Å². The summed E-state index contributed by atoms with van der Waals surface area (Å²) in [6.45, 7) is 9.36. The zero-order valence-corrected chi connectivity index (χ0v) is 13.8. The van der Waals surface area contributed by atoms with Gasteiger partial charge in [0.05, 0.1) is 12.3 Å². The van der Waals surface area contributed by atoms with Crippen LogP contribution in [0.4, 0.5) is 4.39 Å². The van der Waals surface area contributed by atoms with E-state index in [0.717, 1.165) is 5.56 Å². The number of hydrogen-bond acceptors (Lipinski definition) is 5. The van der Waals surface area contributed by atoms with Crippen LogP contribution >= 0.6 is 11.8 Å². The minimum Gasteiger partial charge on any atom is -0.448 e. The molecule has 0 fully saturated rings. The summed E-state index contributed by atoms with van der Waals surface area (Å²) in [7, 11) is 0. The van der Waals surface area contributed by atoms with Gasteiger partial charge in [-0.05, 0) is 29.8 Å². The lowest BCUT2D eigenvalue weighted by Crippen LogP contribution is -2.01. The number of primary amides is 1. The molecule has 0 radical (unpaired) electrons. The maximum absolute atomic E-state index is 12.7. The molecule has 1 aromatic carbocycles. The lowest BCUT2D eigenvalue weighted by atomic mass is 10.2. The SMILES string of the molecule is C=N/C=C\SCC(=C)OC(C)=NCc1ccc(F)cc1.NC=O. The Morgan fingerprint density at radius 1 is 1.43 bits per heavy atom. The summed E-state index contributed by atoms with van der Waals surface area (Å²) < 4.78 is 18.2. The molecule has 1 rings (SSSR count). The Morgan fingerprint density at radius 3 is 2.61 bits per heavy atom. The molecule has 0 unspecified atom stereocenters. The molecular formula is C16H20FN3O2S. The second kappa shape index (κ2) is 13.3. The third-order valence-corrected chi connectivity index (χ3v) is 3.00. The fourth-order valence-corrected chi connectivity index (χ4v) is 1.80. The van der Waals surface area contributed by atoms with Crippen LogP contribution < -0.4 is 5.73 Å². The number of aliphatic imine (C=N–C) groups is 2. The summed E-state index contributed by atoms with van der Waals surface area (Å²) in [5, 5.41) is 1.81. The van der Waals surface area contributed by atoms with E-state index in [2.05, 4.69) is 29.0 Å². The number of benzene rings is 1. The molecule has 0 aliphatic rings. The Morgan fingerprint density at radius 2 is 2.04 bits per heavy atom. The van der Waals surface area contributed by atoms with Crippen molar-refractivity contribution in [3.63, 3.8) is 0 Å². The second-order valence-electron chi connectivity index (χ2n) is 4.02. The van der Waals surface area contributed by atoms with Gasteiger partial charge in [0.15, 0.2) is 5.90 Å². The predicted octanol–water partition coefficient (Wildman–Crippen LogP) is 3.28. The van der Waals surface area contributed by atoms with Crippen molar-refractivity contribution in [1.82, 2.24) is 0 Å². The first-order valence-electron chi connectivity index (χ1n) is 6.52. The predicted molar refractivity (Wildman–Crippen MR) is 94.8 cm³/mol. The number of amides is 1. The van der Waals surface area contributed by atoms with Gasteiger partial charge < -0.3 is 10.5 Å². The number of thioether (sulfide) groups is 1. The first-order valence-corrected chi connectivity index (χ1v) is 7.57. The Kier molecular flexibility index (Phi) is 11.9. The number of rotatable bonds is 7. The van der Waals surface area contributed by atoms with Gasteiger partial charge in [-0.15, -0.1) is 11.8 Å². The highest BCUT2D eigenvalue weighted by atomic mass is 32.2. The molecular weight excluding hydrogens is 317 g/mol. The molecule has 124 valence electrons. The van der Waals surface area contributed by atoms with E-state index < -0.39 is 0 Å². The van der Waals surface area contributed by atoms with E-state index in [1.807, 2.05) is 5.41 Å². The molecule has 1 amide bonds. The van der Waals surface area contributed by atoms with Crippen molar-refractivity contribution in [1.29, 1.82) is 0 Å². The molecule has 2 N–H and O–H groups in total. The first kappa shape index (κ1) is 20.6. The van der Waals surface area contributed by atoms with Crippen LogP contribution in [0.1, 0.15) is 12.5 Å². The van der Waals surface area contributed by atoms with E-state index in [1.54, 1.807) is 25.3 Å². The standard InChI is InChI=1S/C15H17FN2OS.CH3NO/c1-12(11-20-9-8-17-3)19-13(2)18-10-14-4-6-15(16)7-5-14;2-1-3/h4-9H,1,3,10-11H2,2H3;1H,(H2,2,3)/b9-8-,18-13?;. The summed E-state index contributed by atoms with van der Waals surface area (Å²) in [4.78, 5) is 16.4. The summed E-state index contributed by atoms with van der Waals surface area (Å²) >= 11 is 1.51. The van der Waals surface area contributed by atoms with Gasteiger partial charge >= 0.3 is 0 Å². The van der Waals surface area contributed by atoms with E-state index in [4.69, 9.17) is 9.53 Å². The van der Waals surface area contributed by atoms with Crippen LogP contribution in [0.2, 0.25) is 0 Å². The highest BCUT2D eigenvalue weighted by Gasteiger charge is 1.98. The molecule has 0 saturated heterocycles. The van der Waals surface area contributed by atoms with E-state index in [0.29, 0.717) is 24.0 Å². The number of halogens is 1. The molecule has 0 aromatic heterocycles. The van der Waals surface area contributed by atoms with Crippen molar-refractivity contribution < 1.29 is 13.9 Å². The fraction of sp³-hybridized carbons (Fsp3) is 0.188. The normalized spacial score (nSPS) is 10.6. The van der Waals surface area contributed by atoms with Gasteiger partial charge in [-0.1, -0.05) is 18.7 Å². The van der Waals surface area contributed by atoms with Gasteiger partial charge in [-0.3, -0.25) is 14.8 Å². The van der Waals surface area contributed by atoms with Crippen molar-refractivity contribution >= 4 is 30.8 Å². The van der Waals surface area contributed by atoms with Crippen molar-refractivity contribution in [3.8, 4) is 0 Å². The second-order valence-corrected chi connectivity index (χ2v) is 4.91. The zero-order valence-electron chi connectivity index (χ0n) is 12.9. The van der Waals surface area contributed by atoms with Crippen LogP contribution in [0.3, 0.4) is 0 Å². The molecule has 7 heteroatoms. The molecule has 23 heavy (non-hydrogen) atoms. The molecule has 0 heterocycles. The molecule has 0 saturated carbocycles. The lowest BCUT2D eigenvalue weighted by Gasteiger charge is -2.06. The van der Waals surface area contributed by atoms with Gasteiger partial charge in [0, 0.05) is 13.1 Å². The average Bonchev–Trinajstić information content (AvgIpc) is 2.52. The number of nitrogens with zero attached hydrogens (tertiary/aromatic N) is 2. The average molecular weight is 337 g/mol.